The van der Waals surface area contributed by atoms with Crippen LogP contribution in [-0.4, -0.2) is 72.6 Å². The molecule has 2 fully saturated rings. The van der Waals surface area contributed by atoms with Gasteiger partial charge in [0.1, 0.15) is 0 Å². The zero-order valence-corrected chi connectivity index (χ0v) is 22.1. The highest BCUT2D eigenvalue weighted by molar-refractivity contribution is 5.77. The molecule has 1 unspecified atom stereocenters. The zero-order valence-electron chi connectivity index (χ0n) is 22.1. The predicted molar refractivity (Wildman–Crippen MR) is 131 cm³/mol. The van der Waals surface area contributed by atoms with Crippen molar-refractivity contribution in [2.24, 2.45) is 11.3 Å². The number of amides is 1. The Morgan fingerprint density at radius 2 is 1.54 bits per heavy atom. The van der Waals surface area contributed by atoms with Crippen LogP contribution in [0.1, 0.15) is 70.0 Å². The molecule has 1 amide bonds. The van der Waals surface area contributed by atoms with Crippen LogP contribution in [0.2, 0.25) is 0 Å². The monoisotopic (exact) mass is 535 g/mol. The molecular formula is C27H39F6N3O. The highest BCUT2D eigenvalue weighted by Gasteiger charge is 2.41. The van der Waals surface area contributed by atoms with E-state index in [0.717, 1.165) is 38.1 Å². The minimum atomic E-state index is -4.52. The molecule has 0 bridgehead atoms. The molecule has 4 nitrogen and oxygen atoms in total. The van der Waals surface area contributed by atoms with Crippen LogP contribution < -0.4 is 0 Å². The molecule has 10 heteroatoms. The summed E-state index contributed by atoms with van der Waals surface area (Å²) in [5, 5.41) is 0. The number of halogens is 6. The Bertz CT molecular complexity index is 885. The molecule has 0 N–H and O–H groups in total. The summed E-state index contributed by atoms with van der Waals surface area (Å²) in [6, 6.07) is 3.51. The number of carbonyl (C=O) groups is 1. The molecule has 0 spiro atoms. The van der Waals surface area contributed by atoms with E-state index in [1.165, 1.54) is 12.1 Å². The molecule has 0 aromatic heterocycles. The van der Waals surface area contributed by atoms with E-state index in [2.05, 4.69) is 11.9 Å². The van der Waals surface area contributed by atoms with Crippen LogP contribution >= 0.6 is 0 Å². The van der Waals surface area contributed by atoms with E-state index in [-0.39, 0.29) is 23.8 Å². The van der Waals surface area contributed by atoms with Gasteiger partial charge in [-0.3, -0.25) is 9.69 Å². The van der Waals surface area contributed by atoms with Crippen molar-refractivity contribution in [3.8, 4) is 0 Å². The van der Waals surface area contributed by atoms with Gasteiger partial charge in [-0.1, -0.05) is 32.9 Å². The SMILES string of the molecule is CN1CCC(CC(=O)N2CCN(C(CCC(F)(F)F)c3ccc(C(F)(F)F)cc3)C[C@@H]2C(C)(C)C)CC1. The van der Waals surface area contributed by atoms with Crippen molar-refractivity contribution in [3.05, 3.63) is 35.4 Å². The third-order valence-corrected chi connectivity index (χ3v) is 7.80. The first-order chi connectivity index (χ1) is 17.0. The highest BCUT2D eigenvalue weighted by Crippen LogP contribution is 2.38. The first-order valence-electron chi connectivity index (χ1n) is 13.0. The molecule has 3 rings (SSSR count). The number of piperazine rings is 1. The van der Waals surface area contributed by atoms with E-state index in [0.29, 0.717) is 37.5 Å². The second-order valence-electron chi connectivity index (χ2n) is 11.7. The van der Waals surface area contributed by atoms with Gasteiger partial charge in [0.05, 0.1) is 5.56 Å². The predicted octanol–water partition coefficient (Wildman–Crippen LogP) is 6.38. The maximum absolute atomic E-state index is 13.4. The van der Waals surface area contributed by atoms with Gasteiger partial charge < -0.3 is 9.80 Å². The van der Waals surface area contributed by atoms with Crippen molar-refractivity contribution in [1.29, 1.82) is 0 Å². The Hall–Kier alpha value is -1.81. The van der Waals surface area contributed by atoms with Gasteiger partial charge in [-0.15, -0.1) is 0 Å². The number of piperidine rings is 1. The molecule has 0 saturated carbocycles. The van der Waals surface area contributed by atoms with Crippen LogP contribution in [0.25, 0.3) is 0 Å². The molecule has 0 radical (unpaired) electrons. The standard InChI is InChI=1S/C27H39F6N3O/c1-25(2,3)23-18-35(15-16-36(23)24(37)17-19-10-13-34(4)14-11-19)22(9-12-26(28,29)30)20-5-7-21(8-6-20)27(31,32)33/h5-8,19,22-23H,9-18H2,1-4H3/t22?,23-/m1/s1. The van der Waals surface area contributed by atoms with Gasteiger partial charge in [-0.05, 0) is 68.4 Å². The van der Waals surface area contributed by atoms with Gasteiger partial charge in [0.2, 0.25) is 5.91 Å². The quantitative estimate of drug-likeness (QED) is 0.396. The number of rotatable bonds is 6. The summed E-state index contributed by atoms with van der Waals surface area (Å²) in [7, 11) is 2.07. The van der Waals surface area contributed by atoms with Crippen molar-refractivity contribution < 1.29 is 31.1 Å². The van der Waals surface area contributed by atoms with Crippen molar-refractivity contribution in [2.75, 3.05) is 39.8 Å². The molecule has 210 valence electrons. The molecule has 37 heavy (non-hydrogen) atoms. The summed E-state index contributed by atoms with van der Waals surface area (Å²) >= 11 is 0. The maximum atomic E-state index is 13.4. The summed E-state index contributed by atoms with van der Waals surface area (Å²) in [4.78, 5) is 19.4. The fourth-order valence-electron chi connectivity index (χ4n) is 5.51. The first kappa shape index (κ1) is 29.7. The number of likely N-dealkylation sites (tertiary alicyclic amines) is 1. The Labute approximate surface area is 216 Å². The van der Waals surface area contributed by atoms with Crippen molar-refractivity contribution in [2.45, 2.75) is 77.3 Å². The molecule has 0 aliphatic carbocycles. The average Bonchev–Trinajstić information content (AvgIpc) is 2.79. The number of benzene rings is 1. The van der Waals surface area contributed by atoms with E-state index in [4.69, 9.17) is 0 Å². The number of hydrogen-bond donors (Lipinski definition) is 0. The second-order valence-corrected chi connectivity index (χ2v) is 11.7. The van der Waals surface area contributed by atoms with Gasteiger partial charge in [-0.2, -0.15) is 26.3 Å². The maximum Gasteiger partial charge on any atom is 0.416 e. The molecule has 2 atom stereocenters. The summed E-state index contributed by atoms with van der Waals surface area (Å²) < 4.78 is 78.7. The Morgan fingerprint density at radius 1 is 0.946 bits per heavy atom. The molecule has 1 aromatic rings. The molecular weight excluding hydrogens is 496 g/mol. The van der Waals surface area contributed by atoms with Gasteiger partial charge >= 0.3 is 12.4 Å². The number of hydrogen-bond acceptors (Lipinski definition) is 3. The van der Waals surface area contributed by atoms with Gasteiger partial charge in [0.25, 0.3) is 0 Å². The Morgan fingerprint density at radius 3 is 2.05 bits per heavy atom. The van der Waals surface area contributed by atoms with Gasteiger partial charge in [0.15, 0.2) is 0 Å². The topological polar surface area (TPSA) is 26.8 Å². The number of nitrogens with zero attached hydrogens (tertiary/aromatic N) is 3. The van der Waals surface area contributed by atoms with E-state index in [9.17, 15) is 31.1 Å². The third kappa shape index (κ3) is 8.34. The van der Waals surface area contributed by atoms with Crippen LogP contribution in [0.4, 0.5) is 26.3 Å². The smallest absolute Gasteiger partial charge is 0.337 e. The van der Waals surface area contributed by atoms with Crippen LogP contribution in [0.3, 0.4) is 0 Å². The lowest BCUT2D eigenvalue weighted by Crippen LogP contribution is -2.60. The summed E-state index contributed by atoms with van der Waals surface area (Å²) in [5.74, 6) is 0.407. The average molecular weight is 536 g/mol. The Kier molecular flexibility index (Phi) is 9.26. The van der Waals surface area contributed by atoms with E-state index in [1.54, 1.807) is 0 Å². The molecule has 2 heterocycles. The fourth-order valence-corrected chi connectivity index (χ4v) is 5.51. The second kappa shape index (κ2) is 11.5. The normalized spacial score (nSPS) is 22.3. The van der Waals surface area contributed by atoms with E-state index in [1.807, 2.05) is 30.6 Å². The van der Waals surface area contributed by atoms with Gasteiger partial charge in [-0.25, -0.2) is 0 Å². The van der Waals surface area contributed by atoms with Crippen LogP contribution in [-0.2, 0) is 11.0 Å². The Balaban J connectivity index is 1.80. The minimum Gasteiger partial charge on any atom is -0.337 e. The third-order valence-electron chi connectivity index (χ3n) is 7.80. The van der Waals surface area contributed by atoms with Crippen LogP contribution in [0.5, 0.6) is 0 Å². The molecule has 1 aromatic carbocycles. The van der Waals surface area contributed by atoms with Crippen molar-refractivity contribution >= 4 is 5.91 Å². The summed E-state index contributed by atoms with van der Waals surface area (Å²) in [6.45, 7) is 9.09. The zero-order chi connectivity index (χ0) is 27.6. The largest absolute Gasteiger partial charge is 0.416 e. The number of carbonyl (C=O) groups excluding carboxylic acids is 1. The highest BCUT2D eigenvalue weighted by atomic mass is 19.4. The summed E-state index contributed by atoms with van der Waals surface area (Å²) in [5.41, 5.74) is -0.728. The van der Waals surface area contributed by atoms with Crippen molar-refractivity contribution in [1.82, 2.24) is 14.7 Å². The minimum absolute atomic E-state index is 0.0792. The number of alkyl halides is 6. The molecule has 2 aliphatic heterocycles. The lowest BCUT2D eigenvalue weighted by Gasteiger charge is -2.50. The fraction of sp³-hybridized carbons (Fsp3) is 0.741. The van der Waals surface area contributed by atoms with Crippen LogP contribution in [0, 0.1) is 11.3 Å². The molecule has 2 saturated heterocycles. The van der Waals surface area contributed by atoms with Crippen molar-refractivity contribution in [3.63, 3.8) is 0 Å². The lowest BCUT2D eigenvalue weighted by atomic mass is 9.82. The van der Waals surface area contributed by atoms with Crippen LogP contribution in [0.15, 0.2) is 24.3 Å². The molecule has 2 aliphatic rings. The lowest BCUT2D eigenvalue weighted by molar-refractivity contribution is -0.144. The van der Waals surface area contributed by atoms with E-state index >= 15 is 0 Å². The van der Waals surface area contributed by atoms with Gasteiger partial charge in [0, 0.05) is 44.6 Å². The summed E-state index contributed by atoms with van der Waals surface area (Å²) in [6.07, 6.45) is -7.78. The van der Waals surface area contributed by atoms with E-state index < -0.39 is 30.4 Å². The first-order valence-corrected chi connectivity index (χ1v) is 13.0.